The van der Waals surface area contributed by atoms with Crippen molar-refractivity contribution in [1.29, 1.82) is 0 Å². The fourth-order valence-electron chi connectivity index (χ4n) is 0.847. The molecule has 0 rings (SSSR count). The van der Waals surface area contributed by atoms with E-state index in [2.05, 4.69) is 26.6 Å². The number of carbonyl (C=O) groups excluding carboxylic acids is 1. The van der Waals surface area contributed by atoms with Gasteiger partial charge in [-0.05, 0) is 31.3 Å². The van der Waals surface area contributed by atoms with Crippen molar-refractivity contribution in [2.24, 2.45) is 0 Å². The fraction of sp³-hybridized carbons (Fsp3) is 0.364. The fourth-order valence-corrected chi connectivity index (χ4v) is 0.999. The topological polar surface area (TPSA) is 41.1 Å². The molecule has 0 unspecified atom stereocenters. The summed E-state index contributed by atoms with van der Waals surface area (Å²) in [4.78, 5) is 11.2. The van der Waals surface area contributed by atoms with Gasteiger partial charge in [0.05, 0.1) is 5.70 Å². The molecule has 0 aromatic carbocycles. The normalized spacial score (nSPS) is 13.7. The lowest BCUT2D eigenvalue weighted by Gasteiger charge is -2.06. The van der Waals surface area contributed by atoms with Gasteiger partial charge >= 0.3 is 6.03 Å². The molecule has 0 aromatic rings. The van der Waals surface area contributed by atoms with Crippen LogP contribution in [0.2, 0.25) is 0 Å². The Balaban J connectivity index is 4.55. The van der Waals surface area contributed by atoms with Crippen molar-refractivity contribution in [3.8, 4) is 0 Å². The summed E-state index contributed by atoms with van der Waals surface area (Å²) in [7, 11) is 0. The number of rotatable bonds is 4. The summed E-state index contributed by atoms with van der Waals surface area (Å²) in [6.45, 7) is 5.43. The zero-order chi connectivity index (χ0) is 12.6. The molecular formula is C11H16BrFN2O. The van der Waals surface area contributed by atoms with Crippen molar-refractivity contribution in [3.05, 3.63) is 34.2 Å². The summed E-state index contributed by atoms with van der Waals surface area (Å²) in [6, 6.07) is -0.418. The molecule has 0 radical (unpaired) electrons. The molecule has 0 bridgehead atoms. The predicted molar refractivity (Wildman–Crippen MR) is 67.8 cm³/mol. The maximum absolute atomic E-state index is 13.0. The van der Waals surface area contributed by atoms with Gasteiger partial charge in [0.25, 0.3) is 0 Å². The van der Waals surface area contributed by atoms with Crippen molar-refractivity contribution >= 4 is 22.0 Å². The number of carbonyl (C=O) groups is 1. The Morgan fingerprint density at radius 2 is 2.06 bits per heavy atom. The largest absolute Gasteiger partial charge is 0.338 e. The number of allylic oxidation sites excluding steroid dienone is 5. The number of urea groups is 1. The Bertz CT molecular complexity index is 327. The lowest BCUT2D eigenvalue weighted by Crippen LogP contribution is -2.34. The van der Waals surface area contributed by atoms with E-state index in [1.165, 1.54) is 13.0 Å². The molecule has 90 valence electrons. The lowest BCUT2D eigenvalue weighted by atomic mass is 10.3. The second kappa shape index (κ2) is 8.10. The molecule has 0 saturated carbocycles. The molecule has 0 aliphatic carbocycles. The van der Waals surface area contributed by atoms with E-state index in [9.17, 15) is 9.18 Å². The van der Waals surface area contributed by atoms with Gasteiger partial charge in [-0.3, -0.25) is 0 Å². The van der Waals surface area contributed by atoms with Gasteiger partial charge < -0.3 is 10.6 Å². The van der Waals surface area contributed by atoms with Gasteiger partial charge in [0.15, 0.2) is 0 Å². The predicted octanol–water partition coefficient (Wildman–Crippen LogP) is 3.36. The van der Waals surface area contributed by atoms with Crippen molar-refractivity contribution in [1.82, 2.24) is 10.6 Å². The summed E-state index contributed by atoms with van der Waals surface area (Å²) in [5.74, 6) is -0.442. The highest BCUT2D eigenvalue weighted by molar-refractivity contribution is 9.11. The molecule has 0 atom stereocenters. The van der Waals surface area contributed by atoms with Crippen molar-refractivity contribution in [2.75, 3.05) is 6.54 Å². The van der Waals surface area contributed by atoms with Crippen LogP contribution in [-0.2, 0) is 0 Å². The molecule has 3 nitrogen and oxygen atoms in total. The van der Waals surface area contributed by atoms with Gasteiger partial charge in [-0.1, -0.05) is 28.1 Å². The van der Waals surface area contributed by atoms with E-state index in [4.69, 9.17) is 0 Å². The smallest absolute Gasteiger partial charge is 0.319 e. The van der Waals surface area contributed by atoms with E-state index in [0.717, 1.165) is 4.48 Å². The molecular weight excluding hydrogens is 275 g/mol. The third-order valence-corrected chi connectivity index (χ3v) is 1.81. The highest BCUT2D eigenvalue weighted by Gasteiger charge is 2.03. The summed E-state index contributed by atoms with van der Waals surface area (Å²) in [5.41, 5.74) is 0.149. The Morgan fingerprint density at radius 1 is 1.44 bits per heavy atom. The van der Waals surface area contributed by atoms with E-state index in [1.54, 1.807) is 19.1 Å². The first-order valence-corrected chi connectivity index (χ1v) is 5.68. The first kappa shape index (κ1) is 14.9. The molecule has 2 amide bonds. The molecule has 16 heavy (non-hydrogen) atoms. The minimum absolute atomic E-state index is 0.149. The summed E-state index contributed by atoms with van der Waals surface area (Å²) >= 11 is 3.24. The zero-order valence-electron chi connectivity index (χ0n) is 9.60. The van der Waals surface area contributed by atoms with Gasteiger partial charge in [-0.15, -0.1) is 0 Å². The van der Waals surface area contributed by atoms with E-state index < -0.39 is 11.9 Å². The van der Waals surface area contributed by atoms with Gasteiger partial charge in [0.1, 0.15) is 5.83 Å². The molecule has 0 heterocycles. The highest BCUT2D eigenvalue weighted by Crippen LogP contribution is 2.06. The summed E-state index contributed by atoms with van der Waals surface area (Å²) < 4.78 is 14.0. The molecule has 0 aliphatic rings. The second-order valence-electron chi connectivity index (χ2n) is 3.04. The molecule has 0 saturated heterocycles. The van der Waals surface area contributed by atoms with Crippen LogP contribution in [0.15, 0.2) is 34.2 Å². The van der Waals surface area contributed by atoms with Crippen LogP contribution >= 0.6 is 15.9 Å². The molecule has 0 fully saturated rings. The van der Waals surface area contributed by atoms with Crippen LogP contribution in [0.1, 0.15) is 20.8 Å². The number of hydrogen-bond acceptors (Lipinski definition) is 1. The average molecular weight is 291 g/mol. The Kier molecular flexibility index (Phi) is 7.54. The van der Waals surface area contributed by atoms with E-state index in [0.29, 0.717) is 6.54 Å². The van der Waals surface area contributed by atoms with Crippen LogP contribution in [0.25, 0.3) is 0 Å². The zero-order valence-corrected chi connectivity index (χ0v) is 11.2. The van der Waals surface area contributed by atoms with E-state index in [1.807, 2.05) is 6.92 Å². The van der Waals surface area contributed by atoms with Crippen LogP contribution in [0, 0.1) is 0 Å². The van der Waals surface area contributed by atoms with Crippen LogP contribution < -0.4 is 10.6 Å². The highest BCUT2D eigenvalue weighted by atomic mass is 79.9. The van der Waals surface area contributed by atoms with E-state index >= 15 is 0 Å². The molecule has 5 heteroatoms. The van der Waals surface area contributed by atoms with E-state index in [-0.39, 0.29) is 5.70 Å². The number of halogens is 2. The maximum Gasteiger partial charge on any atom is 0.319 e. The summed E-state index contributed by atoms with van der Waals surface area (Å²) in [6.07, 6.45) is 4.90. The van der Waals surface area contributed by atoms with Gasteiger partial charge in [-0.25, -0.2) is 9.18 Å². The molecule has 0 aliphatic heterocycles. The third kappa shape index (κ3) is 7.23. The third-order valence-electron chi connectivity index (χ3n) is 1.55. The average Bonchev–Trinajstić information content (AvgIpc) is 2.15. The van der Waals surface area contributed by atoms with Crippen molar-refractivity contribution < 1.29 is 9.18 Å². The SMILES string of the molecule is CCNC(=O)NC(/C=C\C=C(/C)Br)=C(/C)F. The Morgan fingerprint density at radius 3 is 2.50 bits per heavy atom. The van der Waals surface area contributed by atoms with Crippen LogP contribution in [-0.4, -0.2) is 12.6 Å². The van der Waals surface area contributed by atoms with Crippen molar-refractivity contribution in [3.63, 3.8) is 0 Å². The Hall–Kier alpha value is -1.10. The maximum atomic E-state index is 13.0. The van der Waals surface area contributed by atoms with Crippen LogP contribution in [0.3, 0.4) is 0 Å². The first-order valence-electron chi connectivity index (χ1n) is 4.89. The van der Waals surface area contributed by atoms with Gasteiger partial charge in [0.2, 0.25) is 0 Å². The number of nitrogens with one attached hydrogen (secondary N) is 2. The first-order chi connectivity index (χ1) is 7.47. The molecule has 0 aromatic heterocycles. The Labute approximate surface area is 104 Å². The number of amides is 2. The minimum Gasteiger partial charge on any atom is -0.338 e. The van der Waals surface area contributed by atoms with Crippen LogP contribution in [0.5, 0.6) is 0 Å². The lowest BCUT2D eigenvalue weighted by molar-refractivity contribution is 0.244. The molecule has 0 spiro atoms. The van der Waals surface area contributed by atoms with Crippen LogP contribution in [0.4, 0.5) is 9.18 Å². The van der Waals surface area contributed by atoms with Gasteiger partial charge in [-0.2, -0.15) is 0 Å². The quantitative estimate of drug-likeness (QED) is 0.766. The molecule has 2 N–H and O–H groups in total. The minimum atomic E-state index is -0.442. The summed E-state index contributed by atoms with van der Waals surface area (Å²) in [5, 5.41) is 4.93. The van der Waals surface area contributed by atoms with Gasteiger partial charge in [0, 0.05) is 6.54 Å². The standard InChI is InChI=1S/C11H16BrFN2O/c1-4-14-11(16)15-10(9(3)13)7-5-6-8(2)12/h5-7H,4H2,1-3H3,(H2,14,15,16)/b7-5-,8-6+,10-9-. The van der Waals surface area contributed by atoms with Crippen molar-refractivity contribution in [2.45, 2.75) is 20.8 Å². The number of hydrogen-bond donors (Lipinski definition) is 2. The second-order valence-corrected chi connectivity index (χ2v) is 4.29. The monoisotopic (exact) mass is 290 g/mol.